The van der Waals surface area contributed by atoms with E-state index in [4.69, 9.17) is 9.16 Å². The van der Waals surface area contributed by atoms with Crippen LogP contribution >= 0.6 is 0 Å². The van der Waals surface area contributed by atoms with Gasteiger partial charge in [0.2, 0.25) is 8.32 Å². The third kappa shape index (κ3) is 5.45. The van der Waals surface area contributed by atoms with Gasteiger partial charge in [0.25, 0.3) is 0 Å². The normalized spacial score (nSPS) is 26.6. The van der Waals surface area contributed by atoms with Crippen molar-refractivity contribution >= 4 is 8.32 Å². The van der Waals surface area contributed by atoms with Crippen LogP contribution in [0, 0.1) is 0 Å². The highest BCUT2D eigenvalue weighted by Crippen LogP contribution is 2.48. The molecule has 26 heavy (non-hydrogen) atoms. The first-order valence-corrected chi connectivity index (χ1v) is 12.9. The molecule has 0 bridgehead atoms. The monoisotopic (exact) mass is 382 g/mol. The summed E-state index contributed by atoms with van der Waals surface area (Å²) < 4.78 is 13.9. The van der Waals surface area contributed by atoms with E-state index < -0.39 is 8.32 Å². The summed E-state index contributed by atoms with van der Waals surface area (Å²) in [5.74, 6) is 0. The lowest BCUT2D eigenvalue weighted by Crippen LogP contribution is -2.59. The quantitative estimate of drug-likeness (QED) is 0.317. The fraction of sp³-hybridized carbons (Fsp3) is 0.913. The van der Waals surface area contributed by atoms with Crippen molar-refractivity contribution in [2.24, 2.45) is 0 Å². The van der Waals surface area contributed by atoms with Gasteiger partial charge < -0.3 is 9.16 Å². The highest BCUT2D eigenvalue weighted by molar-refractivity contribution is 6.77. The molecule has 1 fully saturated rings. The molecule has 2 atom stereocenters. The van der Waals surface area contributed by atoms with Crippen LogP contribution in [0.2, 0.25) is 16.6 Å². The lowest BCUT2D eigenvalue weighted by atomic mass is 9.82. The van der Waals surface area contributed by atoms with Gasteiger partial charge in [-0.25, -0.2) is 0 Å². The van der Waals surface area contributed by atoms with E-state index in [2.05, 4.69) is 82.2 Å². The molecule has 1 rings (SSSR count). The lowest BCUT2D eigenvalue weighted by Gasteiger charge is -2.53. The first-order chi connectivity index (χ1) is 11.8. The summed E-state index contributed by atoms with van der Waals surface area (Å²) >= 11 is 0. The Bertz CT molecular complexity index is 453. The van der Waals surface area contributed by atoms with Gasteiger partial charge in [-0.3, -0.25) is 0 Å². The maximum atomic E-state index is 7.22. The van der Waals surface area contributed by atoms with Crippen LogP contribution in [0.3, 0.4) is 0 Å². The summed E-state index contributed by atoms with van der Waals surface area (Å²) in [5.41, 5.74) is 2.96. The molecule has 0 saturated carbocycles. The van der Waals surface area contributed by atoms with E-state index in [0.717, 1.165) is 25.7 Å². The molecule has 0 aromatic heterocycles. The summed E-state index contributed by atoms with van der Waals surface area (Å²) in [6.45, 7) is 25.4. The third-order valence-electron chi connectivity index (χ3n) is 6.45. The molecule has 0 aromatic carbocycles. The summed E-state index contributed by atoms with van der Waals surface area (Å²) in [6, 6.07) is 0. The predicted octanol–water partition coefficient (Wildman–Crippen LogP) is 7.64. The van der Waals surface area contributed by atoms with Gasteiger partial charge in [0.05, 0.1) is 17.3 Å². The predicted molar refractivity (Wildman–Crippen MR) is 117 cm³/mol. The maximum Gasteiger partial charge on any atom is 0.200 e. The van der Waals surface area contributed by atoms with E-state index in [-0.39, 0.29) is 17.3 Å². The molecule has 0 amide bonds. The van der Waals surface area contributed by atoms with Crippen LogP contribution in [0.4, 0.5) is 0 Å². The van der Waals surface area contributed by atoms with Crippen molar-refractivity contribution < 1.29 is 9.16 Å². The van der Waals surface area contributed by atoms with Crippen LogP contribution in [0.25, 0.3) is 0 Å². The van der Waals surface area contributed by atoms with Crippen LogP contribution < -0.4 is 0 Å². The Kier molecular flexibility index (Phi) is 8.20. The third-order valence-corrected chi connectivity index (χ3v) is 12.6. The number of ether oxygens (including phenoxy) is 1. The van der Waals surface area contributed by atoms with Crippen LogP contribution in [0.5, 0.6) is 0 Å². The standard InChI is InChI=1S/C23H46O2Si/c1-17(2)13-12-15-23(11)21(14-16-22(9,10)25-23)24-26(18(3)4,19(5)6)20(7)8/h13,18-21H,12,14-16H2,1-11H3/t21-,23+/m1/s1. The van der Waals surface area contributed by atoms with Crippen molar-refractivity contribution in [3.8, 4) is 0 Å². The molecule has 154 valence electrons. The minimum atomic E-state index is -1.91. The molecule has 2 nitrogen and oxygen atoms in total. The van der Waals surface area contributed by atoms with Gasteiger partial charge in [-0.1, -0.05) is 53.2 Å². The van der Waals surface area contributed by atoms with Gasteiger partial charge in [0.15, 0.2) is 0 Å². The topological polar surface area (TPSA) is 18.5 Å². The molecule has 0 radical (unpaired) electrons. The minimum absolute atomic E-state index is 0.0582. The van der Waals surface area contributed by atoms with Gasteiger partial charge in [-0.05, 0) is 76.9 Å². The second-order valence-electron chi connectivity index (χ2n) is 10.5. The van der Waals surface area contributed by atoms with Crippen molar-refractivity contribution in [1.82, 2.24) is 0 Å². The number of hydrogen-bond donors (Lipinski definition) is 0. The largest absolute Gasteiger partial charge is 0.410 e. The zero-order valence-electron chi connectivity index (χ0n) is 19.5. The summed E-state index contributed by atoms with van der Waals surface area (Å²) in [5, 5.41) is 0. The molecule has 0 aromatic rings. The smallest absolute Gasteiger partial charge is 0.200 e. The second kappa shape index (κ2) is 8.92. The van der Waals surface area contributed by atoms with Crippen LogP contribution in [-0.2, 0) is 9.16 Å². The Morgan fingerprint density at radius 1 is 1.04 bits per heavy atom. The Morgan fingerprint density at radius 3 is 1.96 bits per heavy atom. The minimum Gasteiger partial charge on any atom is -0.410 e. The molecule has 0 spiro atoms. The molecule has 3 heteroatoms. The van der Waals surface area contributed by atoms with Crippen molar-refractivity contribution in [3.63, 3.8) is 0 Å². The fourth-order valence-electron chi connectivity index (χ4n) is 5.23. The van der Waals surface area contributed by atoms with Crippen LogP contribution in [-0.4, -0.2) is 25.6 Å². The number of hydrogen-bond acceptors (Lipinski definition) is 2. The number of rotatable bonds is 8. The van der Waals surface area contributed by atoms with Crippen molar-refractivity contribution in [3.05, 3.63) is 11.6 Å². The Hall–Kier alpha value is -0.123. The molecule has 0 aliphatic carbocycles. The Balaban J connectivity index is 3.17. The van der Waals surface area contributed by atoms with E-state index in [9.17, 15) is 0 Å². The SMILES string of the molecule is CC(C)=CCC[C@]1(C)OC(C)(C)CC[C@H]1O[Si](C(C)C)(C(C)C)C(C)C. The first kappa shape index (κ1) is 23.9. The van der Waals surface area contributed by atoms with Crippen LogP contribution in [0.15, 0.2) is 11.6 Å². The highest BCUT2D eigenvalue weighted by atomic mass is 28.4. The average Bonchev–Trinajstić information content (AvgIpc) is 2.43. The molecule has 1 heterocycles. The zero-order valence-corrected chi connectivity index (χ0v) is 20.5. The molecule has 1 aliphatic heterocycles. The van der Waals surface area contributed by atoms with E-state index in [1.165, 1.54) is 5.57 Å². The van der Waals surface area contributed by atoms with Crippen LogP contribution in [0.1, 0.15) is 102 Å². The van der Waals surface area contributed by atoms with E-state index >= 15 is 0 Å². The fourth-order valence-corrected chi connectivity index (χ4v) is 10.9. The molecule has 1 saturated heterocycles. The Labute approximate surface area is 165 Å². The molecular formula is C23H46O2Si. The average molecular weight is 383 g/mol. The summed E-state index contributed by atoms with van der Waals surface area (Å²) in [7, 11) is -1.91. The lowest BCUT2D eigenvalue weighted by molar-refractivity contribution is -0.214. The summed E-state index contributed by atoms with van der Waals surface area (Å²) in [4.78, 5) is 0. The van der Waals surface area contributed by atoms with Gasteiger partial charge in [-0.2, -0.15) is 0 Å². The molecular weight excluding hydrogens is 336 g/mol. The van der Waals surface area contributed by atoms with Crippen molar-refractivity contribution in [1.29, 1.82) is 0 Å². The van der Waals surface area contributed by atoms with Gasteiger partial charge >= 0.3 is 0 Å². The summed E-state index contributed by atoms with van der Waals surface area (Å²) in [6.07, 6.45) is 6.83. The number of allylic oxidation sites excluding steroid dienone is 2. The van der Waals surface area contributed by atoms with Gasteiger partial charge in [-0.15, -0.1) is 0 Å². The Morgan fingerprint density at radius 2 is 1.54 bits per heavy atom. The zero-order chi connectivity index (χ0) is 20.3. The second-order valence-corrected chi connectivity index (χ2v) is 15.9. The molecule has 0 N–H and O–H groups in total. The van der Waals surface area contributed by atoms with E-state index in [1.807, 2.05) is 0 Å². The maximum absolute atomic E-state index is 7.22. The van der Waals surface area contributed by atoms with Gasteiger partial charge in [0.1, 0.15) is 0 Å². The van der Waals surface area contributed by atoms with Gasteiger partial charge in [0, 0.05) is 0 Å². The van der Waals surface area contributed by atoms with E-state index in [0.29, 0.717) is 16.6 Å². The highest BCUT2D eigenvalue weighted by Gasteiger charge is 2.52. The molecule has 0 unspecified atom stereocenters. The van der Waals surface area contributed by atoms with Crippen molar-refractivity contribution in [2.45, 2.75) is 136 Å². The molecule has 1 aliphatic rings. The van der Waals surface area contributed by atoms with E-state index in [1.54, 1.807) is 0 Å². The first-order valence-electron chi connectivity index (χ1n) is 10.8. The van der Waals surface area contributed by atoms with Crippen molar-refractivity contribution in [2.75, 3.05) is 0 Å².